The van der Waals surface area contributed by atoms with Gasteiger partial charge in [-0.3, -0.25) is 0 Å². The molecular formula is C23H26F3N7. The second kappa shape index (κ2) is 8.02. The molecule has 0 saturated carbocycles. The first-order valence-corrected chi connectivity index (χ1v) is 11.0. The van der Waals surface area contributed by atoms with Crippen molar-refractivity contribution in [2.45, 2.75) is 38.7 Å². The Kier molecular flexibility index (Phi) is 5.27. The van der Waals surface area contributed by atoms with E-state index in [-0.39, 0.29) is 17.8 Å². The number of halogens is 3. The maximum atomic E-state index is 15.1. The van der Waals surface area contributed by atoms with Crippen LogP contribution in [0.5, 0.6) is 0 Å². The average Bonchev–Trinajstić information content (AvgIpc) is 3.33. The van der Waals surface area contributed by atoms with Crippen molar-refractivity contribution in [3.63, 3.8) is 0 Å². The van der Waals surface area contributed by atoms with Crippen molar-refractivity contribution < 1.29 is 13.2 Å². The van der Waals surface area contributed by atoms with Gasteiger partial charge in [0.15, 0.2) is 5.82 Å². The summed E-state index contributed by atoms with van der Waals surface area (Å²) in [6.45, 7) is 4.17. The number of aromatic amines is 1. The molecule has 0 radical (unpaired) electrons. The van der Waals surface area contributed by atoms with Crippen LogP contribution < -0.4 is 5.32 Å². The zero-order valence-electron chi connectivity index (χ0n) is 18.8. The topological polar surface area (TPSA) is 74.7 Å². The molecule has 0 atom stereocenters. The normalized spacial score (nSPS) is 16.2. The molecule has 174 valence electrons. The summed E-state index contributed by atoms with van der Waals surface area (Å²) in [5.74, 6) is -2.34. The second-order valence-electron chi connectivity index (χ2n) is 8.97. The minimum Gasteiger partial charge on any atom is -0.348 e. The van der Waals surface area contributed by atoms with Crippen molar-refractivity contribution in [2.75, 3.05) is 32.0 Å². The molecule has 2 N–H and O–H groups in total. The molecule has 4 aromatic rings. The van der Waals surface area contributed by atoms with Gasteiger partial charge in [0, 0.05) is 36.3 Å². The summed E-state index contributed by atoms with van der Waals surface area (Å²) in [5.41, 5.74) is 3.06. The molecule has 1 fully saturated rings. The number of hydrogen-bond donors (Lipinski definition) is 2. The summed E-state index contributed by atoms with van der Waals surface area (Å²) in [6, 6.07) is 3.71. The van der Waals surface area contributed by atoms with Crippen LogP contribution in [0, 0.1) is 12.7 Å². The van der Waals surface area contributed by atoms with E-state index < -0.39 is 12.5 Å². The van der Waals surface area contributed by atoms with Crippen LogP contribution in [0.15, 0.2) is 24.5 Å². The van der Waals surface area contributed by atoms with Crippen molar-refractivity contribution in [2.24, 2.45) is 0 Å². The van der Waals surface area contributed by atoms with Crippen molar-refractivity contribution >= 4 is 28.0 Å². The SMILES string of the molecule is Cc1nc2c(F)cc(-c3c[nH]c4nc(NCC(C)(F)F)ncc34)cc2n1C1CCN(C)CC1. The van der Waals surface area contributed by atoms with Crippen LogP contribution in [-0.4, -0.2) is 62.0 Å². The van der Waals surface area contributed by atoms with E-state index in [0.717, 1.165) is 49.8 Å². The summed E-state index contributed by atoms with van der Waals surface area (Å²) in [4.78, 5) is 18.3. The summed E-state index contributed by atoms with van der Waals surface area (Å²) in [6.07, 6.45) is 5.28. The molecule has 0 bridgehead atoms. The van der Waals surface area contributed by atoms with Gasteiger partial charge in [-0.2, -0.15) is 4.98 Å². The molecule has 5 rings (SSSR count). The lowest BCUT2D eigenvalue weighted by atomic mass is 10.0. The first-order valence-electron chi connectivity index (χ1n) is 11.0. The predicted octanol–water partition coefficient (Wildman–Crippen LogP) is 4.76. The molecule has 7 nitrogen and oxygen atoms in total. The zero-order chi connectivity index (χ0) is 23.3. The standard InChI is InChI=1S/C23H26F3N7/c1-13-30-20-18(24)8-14(9-19(20)33(13)15-4-6-32(3)7-5-15)16-10-27-21-17(16)11-28-22(31-21)29-12-23(2,25)26/h8-11,15H,4-7,12H2,1-3H3,(H2,27,28,29,31). The molecule has 1 saturated heterocycles. The molecule has 0 unspecified atom stereocenters. The number of anilines is 1. The van der Waals surface area contributed by atoms with E-state index in [4.69, 9.17) is 0 Å². The first-order chi connectivity index (χ1) is 15.7. The van der Waals surface area contributed by atoms with Crippen LogP contribution in [0.2, 0.25) is 0 Å². The molecule has 1 aromatic carbocycles. The Bertz CT molecular complexity index is 1310. The van der Waals surface area contributed by atoms with Gasteiger partial charge in [0.05, 0.1) is 12.1 Å². The van der Waals surface area contributed by atoms with E-state index in [1.807, 2.05) is 13.0 Å². The van der Waals surface area contributed by atoms with E-state index in [1.54, 1.807) is 12.4 Å². The second-order valence-corrected chi connectivity index (χ2v) is 8.97. The van der Waals surface area contributed by atoms with E-state index in [0.29, 0.717) is 22.1 Å². The third-order valence-electron chi connectivity index (χ3n) is 6.28. The minimum atomic E-state index is -2.87. The number of aryl methyl sites for hydroxylation is 1. The number of imidazole rings is 1. The molecule has 10 heteroatoms. The molecule has 3 aromatic heterocycles. The van der Waals surface area contributed by atoms with Gasteiger partial charge in [-0.25, -0.2) is 23.1 Å². The number of aromatic nitrogens is 5. The number of fused-ring (bicyclic) bond motifs is 2. The van der Waals surface area contributed by atoms with E-state index >= 15 is 4.39 Å². The number of hydrogen-bond acceptors (Lipinski definition) is 5. The van der Waals surface area contributed by atoms with Crippen LogP contribution in [0.1, 0.15) is 31.6 Å². The Hall–Kier alpha value is -3.14. The van der Waals surface area contributed by atoms with E-state index in [9.17, 15) is 8.78 Å². The number of alkyl halides is 2. The predicted molar refractivity (Wildman–Crippen MR) is 122 cm³/mol. The highest BCUT2D eigenvalue weighted by atomic mass is 19.3. The molecule has 4 heterocycles. The fourth-order valence-electron chi connectivity index (χ4n) is 4.60. The minimum absolute atomic E-state index is 0.107. The average molecular weight is 458 g/mol. The fraction of sp³-hybridized carbons (Fsp3) is 0.435. The van der Waals surface area contributed by atoms with Crippen molar-refractivity contribution in [1.29, 1.82) is 0 Å². The lowest BCUT2D eigenvalue weighted by Crippen LogP contribution is -2.31. The number of nitrogens with one attached hydrogen (secondary N) is 2. The summed E-state index contributed by atoms with van der Waals surface area (Å²) in [5, 5.41) is 3.23. The monoisotopic (exact) mass is 457 g/mol. The molecule has 1 aliphatic heterocycles. The van der Waals surface area contributed by atoms with Crippen LogP contribution in [0.4, 0.5) is 19.1 Å². The maximum Gasteiger partial charge on any atom is 0.262 e. The van der Waals surface area contributed by atoms with Gasteiger partial charge in [-0.1, -0.05) is 0 Å². The van der Waals surface area contributed by atoms with Gasteiger partial charge in [-0.05, 0) is 57.6 Å². The number of benzene rings is 1. The van der Waals surface area contributed by atoms with Gasteiger partial charge in [0.25, 0.3) is 5.92 Å². The molecule has 0 amide bonds. The molecule has 1 aliphatic rings. The number of piperidine rings is 1. The molecule has 0 aliphatic carbocycles. The highest BCUT2D eigenvalue weighted by molar-refractivity contribution is 5.96. The van der Waals surface area contributed by atoms with Crippen molar-refractivity contribution in [3.05, 3.63) is 36.2 Å². The van der Waals surface area contributed by atoms with Gasteiger partial charge in [0.2, 0.25) is 5.95 Å². The Morgan fingerprint density at radius 2 is 1.97 bits per heavy atom. The molecule has 0 spiro atoms. The number of nitrogens with zero attached hydrogens (tertiary/aromatic N) is 5. The van der Waals surface area contributed by atoms with Gasteiger partial charge in [-0.15, -0.1) is 0 Å². The Morgan fingerprint density at radius 1 is 1.21 bits per heavy atom. The summed E-state index contributed by atoms with van der Waals surface area (Å²) < 4.78 is 43.6. The van der Waals surface area contributed by atoms with Gasteiger partial charge in [0.1, 0.15) is 17.0 Å². The van der Waals surface area contributed by atoms with E-state index in [2.05, 4.69) is 41.8 Å². The molecule has 33 heavy (non-hydrogen) atoms. The Labute approximate surface area is 189 Å². The van der Waals surface area contributed by atoms with Crippen molar-refractivity contribution in [3.8, 4) is 11.1 Å². The maximum absolute atomic E-state index is 15.1. The molecular weight excluding hydrogens is 431 g/mol. The number of H-pyrrole nitrogens is 1. The quantitative estimate of drug-likeness (QED) is 0.452. The Morgan fingerprint density at radius 3 is 2.70 bits per heavy atom. The van der Waals surface area contributed by atoms with E-state index in [1.165, 1.54) is 6.07 Å². The third-order valence-corrected chi connectivity index (χ3v) is 6.28. The van der Waals surface area contributed by atoms with Gasteiger partial charge >= 0.3 is 0 Å². The largest absolute Gasteiger partial charge is 0.348 e. The highest BCUT2D eigenvalue weighted by Crippen LogP contribution is 2.35. The number of rotatable bonds is 5. The summed E-state index contributed by atoms with van der Waals surface area (Å²) >= 11 is 0. The lowest BCUT2D eigenvalue weighted by Gasteiger charge is -2.30. The Balaban J connectivity index is 1.54. The first kappa shape index (κ1) is 21.7. The van der Waals surface area contributed by atoms with Crippen LogP contribution >= 0.6 is 0 Å². The van der Waals surface area contributed by atoms with Crippen LogP contribution in [0.25, 0.3) is 33.2 Å². The smallest absolute Gasteiger partial charge is 0.262 e. The summed E-state index contributed by atoms with van der Waals surface area (Å²) in [7, 11) is 2.11. The number of likely N-dealkylation sites (tertiary alicyclic amines) is 1. The highest BCUT2D eigenvalue weighted by Gasteiger charge is 2.24. The van der Waals surface area contributed by atoms with Crippen LogP contribution in [-0.2, 0) is 0 Å². The van der Waals surface area contributed by atoms with Crippen molar-refractivity contribution in [1.82, 2.24) is 29.4 Å². The lowest BCUT2D eigenvalue weighted by molar-refractivity contribution is 0.0366. The fourth-order valence-corrected chi connectivity index (χ4v) is 4.60. The zero-order valence-corrected chi connectivity index (χ0v) is 18.8. The van der Waals surface area contributed by atoms with Gasteiger partial charge < -0.3 is 19.8 Å². The van der Waals surface area contributed by atoms with Crippen LogP contribution in [0.3, 0.4) is 0 Å². The third kappa shape index (κ3) is 4.15.